The average molecular weight is 477 g/mol. The van der Waals surface area contributed by atoms with Crippen LogP contribution in [0.5, 0.6) is 5.75 Å². The topological polar surface area (TPSA) is 83.2 Å². The van der Waals surface area contributed by atoms with Crippen LogP contribution >= 0.6 is 0 Å². The van der Waals surface area contributed by atoms with E-state index in [2.05, 4.69) is 18.7 Å². The van der Waals surface area contributed by atoms with E-state index >= 15 is 0 Å². The van der Waals surface area contributed by atoms with Crippen LogP contribution in [-0.2, 0) is 4.79 Å². The minimum absolute atomic E-state index is 0.0234. The smallest absolute Gasteiger partial charge is 0.290 e. The van der Waals surface area contributed by atoms with E-state index < -0.39 is 23.5 Å². The summed E-state index contributed by atoms with van der Waals surface area (Å²) < 4.78 is 11.7. The summed E-state index contributed by atoms with van der Waals surface area (Å²) in [7, 11) is 0. The molecule has 1 aliphatic heterocycles. The Morgan fingerprint density at radius 3 is 2.54 bits per heavy atom. The van der Waals surface area contributed by atoms with Gasteiger partial charge in [0.25, 0.3) is 5.91 Å². The summed E-state index contributed by atoms with van der Waals surface area (Å²) >= 11 is 0. The second-order valence-corrected chi connectivity index (χ2v) is 8.91. The minimum atomic E-state index is -0.755. The molecule has 1 atom stereocenters. The molecule has 7 nitrogen and oxygen atoms in total. The molecule has 4 rings (SSSR count). The van der Waals surface area contributed by atoms with Gasteiger partial charge in [-0.15, -0.1) is 0 Å². The fraction of sp³-hybridized carbons (Fsp3) is 0.357. The molecule has 0 aliphatic carbocycles. The van der Waals surface area contributed by atoms with Crippen molar-refractivity contribution >= 4 is 22.7 Å². The number of rotatable bonds is 10. The third-order valence-corrected chi connectivity index (χ3v) is 6.29. The molecule has 3 aromatic rings. The summed E-state index contributed by atoms with van der Waals surface area (Å²) in [6.07, 6.45) is -0.0326. The summed E-state index contributed by atoms with van der Waals surface area (Å²) in [5.74, 6) is -0.870. The molecule has 1 unspecified atom stereocenters. The van der Waals surface area contributed by atoms with E-state index in [1.807, 2.05) is 56.3 Å². The summed E-state index contributed by atoms with van der Waals surface area (Å²) in [5.41, 5.74) is 1.29. The standard InChI is InChI=1S/C28H32N2O5/c1-5-29(6-2)14-15-30-25(20-11-9-12-21(16-20)34-18(3)4)24(27(32)28(30)33)26(31)23-17-19-10-7-8-13-22(19)35-23/h7-13,16-18,25,32H,5-6,14-15H2,1-4H3. The van der Waals surface area contributed by atoms with Crippen LogP contribution in [0, 0.1) is 0 Å². The van der Waals surface area contributed by atoms with Crippen LogP contribution in [0.15, 0.2) is 70.3 Å². The number of amides is 1. The van der Waals surface area contributed by atoms with Gasteiger partial charge >= 0.3 is 0 Å². The lowest BCUT2D eigenvalue weighted by molar-refractivity contribution is -0.129. The first-order valence-electron chi connectivity index (χ1n) is 12.1. The van der Waals surface area contributed by atoms with E-state index in [4.69, 9.17) is 9.15 Å². The zero-order valence-corrected chi connectivity index (χ0v) is 20.7. The number of benzene rings is 2. The lowest BCUT2D eigenvalue weighted by atomic mass is 9.94. The van der Waals surface area contributed by atoms with Gasteiger partial charge < -0.3 is 24.1 Å². The van der Waals surface area contributed by atoms with Gasteiger partial charge in [0.05, 0.1) is 17.7 Å². The highest BCUT2D eigenvalue weighted by Gasteiger charge is 2.44. The molecule has 1 aromatic heterocycles. The molecule has 35 heavy (non-hydrogen) atoms. The average Bonchev–Trinajstić information content (AvgIpc) is 3.39. The van der Waals surface area contributed by atoms with Gasteiger partial charge in [0.1, 0.15) is 11.3 Å². The quantitative estimate of drug-likeness (QED) is 0.408. The van der Waals surface area contributed by atoms with Crippen molar-refractivity contribution in [2.45, 2.75) is 39.8 Å². The highest BCUT2D eigenvalue weighted by atomic mass is 16.5. The number of para-hydroxylation sites is 1. The molecule has 0 spiro atoms. The molecule has 0 saturated carbocycles. The Kier molecular flexibility index (Phi) is 7.26. The maximum Gasteiger partial charge on any atom is 0.290 e. The monoisotopic (exact) mass is 476 g/mol. The van der Waals surface area contributed by atoms with Gasteiger partial charge in [-0.3, -0.25) is 9.59 Å². The number of carbonyl (C=O) groups excluding carboxylic acids is 2. The number of fused-ring (bicyclic) bond motifs is 1. The highest BCUT2D eigenvalue weighted by molar-refractivity contribution is 6.16. The lowest BCUT2D eigenvalue weighted by Gasteiger charge is -2.29. The molecule has 2 heterocycles. The molecule has 0 radical (unpaired) electrons. The number of hydrogen-bond acceptors (Lipinski definition) is 6. The molecule has 0 bridgehead atoms. The Labute approximate surface area is 205 Å². The SMILES string of the molecule is CCN(CC)CCN1C(=O)C(O)=C(C(=O)c2cc3ccccc3o2)C1c1cccc(OC(C)C)c1. The van der Waals surface area contributed by atoms with Gasteiger partial charge in [0.2, 0.25) is 5.78 Å². The number of aliphatic hydroxyl groups is 1. The molecule has 0 saturated heterocycles. The van der Waals surface area contributed by atoms with Gasteiger partial charge in [-0.2, -0.15) is 0 Å². The predicted octanol–water partition coefficient (Wildman–Crippen LogP) is 5.14. The number of ether oxygens (including phenoxy) is 1. The Morgan fingerprint density at radius 1 is 1.11 bits per heavy atom. The number of likely N-dealkylation sites (N-methyl/N-ethyl adjacent to an activating group) is 1. The van der Waals surface area contributed by atoms with Crippen LogP contribution in [0.3, 0.4) is 0 Å². The summed E-state index contributed by atoms with van der Waals surface area (Å²) in [4.78, 5) is 30.7. The van der Waals surface area contributed by atoms with Crippen molar-refractivity contribution in [3.8, 4) is 5.75 Å². The van der Waals surface area contributed by atoms with E-state index in [0.717, 1.165) is 18.5 Å². The molecule has 0 fully saturated rings. The zero-order chi connectivity index (χ0) is 25.1. The second-order valence-electron chi connectivity index (χ2n) is 8.91. The highest BCUT2D eigenvalue weighted by Crippen LogP contribution is 2.40. The molecule has 1 N–H and O–H groups in total. The summed E-state index contributed by atoms with van der Waals surface area (Å²) in [6, 6.07) is 15.6. The van der Waals surface area contributed by atoms with Gasteiger partial charge in [-0.25, -0.2) is 0 Å². The minimum Gasteiger partial charge on any atom is -0.503 e. The number of aliphatic hydroxyl groups excluding tert-OH is 1. The number of ketones is 1. The normalized spacial score (nSPS) is 16.2. The number of nitrogens with zero attached hydrogens (tertiary/aromatic N) is 2. The van der Waals surface area contributed by atoms with Crippen LogP contribution < -0.4 is 4.74 Å². The zero-order valence-electron chi connectivity index (χ0n) is 20.7. The van der Waals surface area contributed by atoms with Crippen molar-refractivity contribution in [1.29, 1.82) is 0 Å². The Hall–Kier alpha value is -3.58. The fourth-order valence-electron chi connectivity index (χ4n) is 4.51. The van der Waals surface area contributed by atoms with E-state index in [-0.39, 0.29) is 17.4 Å². The third-order valence-electron chi connectivity index (χ3n) is 6.29. The largest absolute Gasteiger partial charge is 0.503 e. The van der Waals surface area contributed by atoms with E-state index in [1.165, 1.54) is 0 Å². The number of hydrogen-bond donors (Lipinski definition) is 1. The van der Waals surface area contributed by atoms with Crippen molar-refractivity contribution in [3.05, 3.63) is 77.3 Å². The van der Waals surface area contributed by atoms with Crippen LogP contribution in [-0.4, -0.2) is 58.9 Å². The van der Waals surface area contributed by atoms with Crippen LogP contribution in [0.4, 0.5) is 0 Å². The van der Waals surface area contributed by atoms with E-state index in [0.29, 0.717) is 30.0 Å². The molecule has 1 aliphatic rings. The first-order chi connectivity index (χ1) is 16.8. The van der Waals surface area contributed by atoms with Crippen LogP contribution in [0.25, 0.3) is 11.0 Å². The summed E-state index contributed by atoms with van der Waals surface area (Å²) in [5, 5.41) is 11.7. The van der Waals surface area contributed by atoms with E-state index in [9.17, 15) is 14.7 Å². The predicted molar refractivity (Wildman–Crippen MR) is 135 cm³/mol. The van der Waals surface area contributed by atoms with Crippen LogP contribution in [0.1, 0.15) is 49.9 Å². The van der Waals surface area contributed by atoms with Crippen molar-refractivity contribution in [1.82, 2.24) is 9.80 Å². The number of Topliss-reactive ketones (excluding diaryl/α,β-unsaturated/α-hetero) is 1. The Morgan fingerprint density at radius 2 is 1.86 bits per heavy atom. The first-order valence-corrected chi connectivity index (χ1v) is 12.1. The Bertz CT molecular complexity index is 1220. The number of furan rings is 1. The van der Waals surface area contributed by atoms with Crippen molar-refractivity contribution in [3.63, 3.8) is 0 Å². The number of carbonyl (C=O) groups is 2. The lowest BCUT2D eigenvalue weighted by Crippen LogP contribution is -2.38. The van der Waals surface area contributed by atoms with Crippen molar-refractivity contribution in [2.24, 2.45) is 0 Å². The van der Waals surface area contributed by atoms with Gasteiger partial charge in [0, 0.05) is 18.5 Å². The molecular weight excluding hydrogens is 444 g/mol. The van der Waals surface area contributed by atoms with Crippen molar-refractivity contribution in [2.75, 3.05) is 26.2 Å². The van der Waals surface area contributed by atoms with Crippen LogP contribution in [0.2, 0.25) is 0 Å². The van der Waals surface area contributed by atoms with Gasteiger partial charge in [-0.1, -0.05) is 44.2 Å². The van der Waals surface area contributed by atoms with Crippen molar-refractivity contribution < 1.29 is 23.8 Å². The molecule has 2 aromatic carbocycles. The van der Waals surface area contributed by atoms with E-state index in [1.54, 1.807) is 17.0 Å². The van der Waals surface area contributed by atoms with Gasteiger partial charge in [-0.05, 0) is 56.8 Å². The Balaban J connectivity index is 1.76. The maximum atomic E-state index is 13.7. The molecular formula is C28H32N2O5. The maximum absolute atomic E-state index is 13.7. The first kappa shape index (κ1) is 24.5. The fourth-order valence-corrected chi connectivity index (χ4v) is 4.51. The summed E-state index contributed by atoms with van der Waals surface area (Å²) in [6.45, 7) is 10.7. The third kappa shape index (κ3) is 4.95. The molecule has 184 valence electrons. The van der Waals surface area contributed by atoms with Gasteiger partial charge in [0.15, 0.2) is 11.5 Å². The molecule has 1 amide bonds. The molecule has 7 heteroatoms. The second kappa shape index (κ2) is 10.4.